The summed E-state index contributed by atoms with van der Waals surface area (Å²) in [6.45, 7) is 4.32. The molecule has 5 rings (SSSR count). The van der Waals surface area contributed by atoms with Crippen LogP contribution >= 0.6 is 12.2 Å². The second kappa shape index (κ2) is 8.46. The van der Waals surface area contributed by atoms with Crippen molar-refractivity contribution in [3.8, 4) is 0 Å². The average Bonchev–Trinajstić information content (AvgIpc) is 3.41. The van der Waals surface area contributed by atoms with Gasteiger partial charge >= 0.3 is 0 Å². The summed E-state index contributed by atoms with van der Waals surface area (Å²) in [5.74, 6) is 0. The molecule has 3 aromatic rings. The summed E-state index contributed by atoms with van der Waals surface area (Å²) in [5.41, 5.74) is 6.05. The first-order chi connectivity index (χ1) is 15.1. The molecule has 1 N–H and O–H groups in total. The molecular weight excluding hydrogens is 400 g/mol. The van der Waals surface area contributed by atoms with Gasteiger partial charge < -0.3 is 14.8 Å². The number of pyridine rings is 1. The minimum Gasteiger partial charge on any atom is -0.351 e. The Bertz CT molecular complexity index is 1070. The third-order valence-corrected chi connectivity index (χ3v) is 7.26. The van der Waals surface area contributed by atoms with E-state index in [-0.39, 0.29) is 12.1 Å². The Kier molecular flexibility index (Phi) is 5.53. The predicted octanol–water partition coefficient (Wildman–Crippen LogP) is 6.18. The summed E-state index contributed by atoms with van der Waals surface area (Å²) in [5, 5.41) is 4.37. The molecule has 3 heterocycles. The highest BCUT2D eigenvalue weighted by Crippen LogP contribution is 2.43. The lowest BCUT2D eigenvalue weighted by Gasteiger charge is -2.32. The number of rotatable bonds is 4. The van der Waals surface area contributed by atoms with E-state index in [2.05, 4.69) is 77.3 Å². The summed E-state index contributed by atoms with van der Waals surface area (Å²) in [4.78, 5) is 7.00. The minimum absolute atomic E-state index is 0.00699. The Hall–Kier alpha value is -2.66. The average molecular weight is 431 g/mol. The largest absolute Gasteiger partial charge is 0.351 e. The standard InChI is InChI=1S/C26H30N4S/c1-18-13-14-21(17-19(18)2)30-25(24(28-26(30)31)22-11-6-7-15-27-22)23-12-8-16-29(23)20-9-4-3-5-10-20/h6-8,11-17,20,24-25H,3-5,9-10H2,1-2H3,(H,28,31)/t24-,25+/m0/s1. The molecule has 1 saturated heterocycles. The molecular formula is C26H30N4S. The fraction of sp³-hybridized carbons (Fsp3) is 0.385. The van der Waals surface area contributed by atoms with Crippen LogP contribution in [-0.2, 0) is 0 Å². The first-order valence-electron chi connectivity index (χ1n) is 11.4. The number of aromatic nitrogens is 2. The molecule has 1 aliphatic carbocycles. The van der Waals surface area contributed by atoms with Gasteiger partial charge in [-0.2, -0.15) is 0 Å². The quantitative estimate of drug-likeness (QED) is 0.501. The Labute approximate surface area is 190 Å². The lowest BCUT2D eigenvalue weighted by Crippen LogP contribution is -2.31. The van der Waals surface area contributed by atoms with Crippen molar-refractivity contribution < 1.29 is 0 Å². The summed E-state index contributed by atoms with van der Waals surface area (Å²) in [6, 6.07) is 17.9. The lowest BCUT2D eigenvalue weighted by atomic mass is 9.94. The van der Waals surface area contributed by atoms with Gasteiger partial charge in [-0.05, 0) is 86.4 Å². The molecule has 2 aromatic heterocycles. The fourth-order valence-corrected chi connectivity index (χ4v) is 5.50. The van der Waals surface area contributed by atoms with Crippen LogP contribution < -0.4 is 10.2 Å². The highest BCUT2D eigenvalue weighted by atomic mass is 32.1. The summed E-state index contributed by atoms with van der Waals surface area (Å²) in [7, 11) is 0. The van der Waals surface area contributed by atoms with Crippen LogP contribution in [-0.4, -0.2) is 14.7 Å². The number of nitrogens with one attached hydrogen (secondary N) is 1. The van der Waals surface area contributed by atoms with Gasteiger partial charge in [0.05, 0.1) is 11.7 Å². The molecule has 0 bridgehead atoms. The Morgan fingerprint density at radius 2 is 1.81 bits per heavy atom. The molecule has 1 aliphatic heterocycles. The summed E-state index contributed by atoms with van der Waals surface area (Å²) < 4.78 is 2.52. The van der Waals surface area contributed by atoms with Crippen molar-refractivity contribution in [1.82, 2.24) is 14.9 Å². The molecule has 2 fully saturated rings. The van der Waals surface area contributed by atoms with Crippen molar-refractivity contribution in [2.24, 2.45) is 0 Å². The van der Waals surface area contributed by atoms with E-state index < -0.39 is 0 Å². The van der Waals surface area contributed by atoms with Crippen LogP contribution in [0.1, 0.15) is 72.7 Å². The number of anilines is 1. The van der Waals surface area contributed by atoms with E-state index in [4.69, 9.17) is 17.2 Å². The third-order valence-electron chi connectivity index (χ3n) is 6.95. The molecule has 160 valence electrons. The monoisotopic (exact) mass is 430 g/mol. The van der Waals surface area contributed by atoms with Crippen molar-refractivity contribution in [3.05, 3.63) is 83.4 Å². The lowest BCUT2D eigenvalue weighted by molar-refractivity contribution is 0.340. The smallest absolute Gasteiger partial charge is 0.174 e. The van der Waals surface area contributed by atoms with Crippen LogP contribution in [0.4, 0.5) is 5.69 Å². The van der Waals surface area contributed by atoms with Gasteiger partial charge in [-0.3, -0.25) is 4.98 Å². The van der Waals surface area contributed by atoms with Gasteiger partial charge in [0.1, 0.15) is 6.04 Å². The normalized spacial score (nSPS) is 22.0. The van der Waals surface area contributed by atoms with Crippen molar-refractivity contribution >= 4 is 23.0 Å². The van der Waals surface area contributed by atoms with Gasteiger partial charge in [-0.1, -0.05) is 31.4 Å². The predicted molar refractivity (Wildman–Crippen MR) is 130 cm³/mol. The topological polar surface area (TPSA) is 33.1 Å². The highest BCUT2D eigenvalue weighted by Gasteiger charge is 2.42. The van der Waals surface area contributed by atoms with Crippen LogP contribution in [0.15, 0.2) is 60.9 Å². The zero-order valence-corrected chi connectivity index (χ0v) is 19.1. The van der Waals surface area contributed by atoms with Crippen molar-refractivity contribution in [1.29, 1.82) is 0 Å². The van der Waals surface area contributed by atoms with Crippen LogP contribution in [0.5, 0.6) is 0 Å². The number of nitrogens with zero attached hydrogens (tertiary/aromatic N) is 3. The van der Waals surface area contributed by atoms with Gasteiger partial charge in [0.2, 0.25) is 0 Å². The molecule has 0 amide bonds. The molecule has 1 saturated carbocycles. The second-order valence-corrected chi connectivity index (χ2v) is 9.28. The molecule has 0 spiro atoms. The Morgan fingerprint density at radius 1 is 0.968 bits per heavy atom. The molecule has 2 atom stereocenters. The maximum atomic E-state index is 5.90. The van der Waals surface area contributed by atoms with Crippen molar-refractivity contribution in [3.63, 3.8) is 0 Å². The Balaban J connectivity index is 1.62. The molecule has 0 radical (unpaired) electrons. The van der Waals surface area contributed by atoms with Gasteiger partial charge in [-0.15, -0.1) is 0 Å². The van der Waals surface area contributed by atoms with E-state index in [0.29, 0.717) is 6.04 Å². The van der Waals surface area contributed by atoms with E-state index >= 15 is 0 Å². The van der Waals surface area contributed by atoms with E-state index in [9.17, 15) is 0 Å². The van der Waals surface area contributed by atoms with Crippen LogP contribution in [0.2, 0.25) is 0 Å². The van der Waals surface area contributed by atoms with Gasteiger partial charge in [-0.25, -0.2) is 0 Å². The first-order valence-corrected chi connectivity index (χ1v) is 11.8. The van der Waals surface area contributed by atoms with E-state index in [1.54, 1.807) is 0 Å². The number of thiocarbonyl (C=S) groups is 1. The third kappa shape index (κ3) is 3.76. The van der Waals surface area contributed by atoms with Gasteiger partial charge in [0, 0.05) is 29.8 Å². The molecule has 5 heteroatoms. The highest BCUT2D eigenvalue weighted by molar-refractivity contribution is 7.80. The molecule has 0 unspecified atom stereocenters. The fourth-order valence-electron chi connectivity index (χ4n) is 5.16. The number of benzene rings is 1. The van der Waals surface area contributed by atoms with E-state index in [1.807, 2.05) is 12.3 Å². The van der Waals surface area contributed by atoms with E-state index in [0.717, 1.165) is 16.5 Å². The zero-order valence-electron chi connectivity index (χ0n) is 18.3. The SMILES string of the molecule is Cc1ccc(N2C(=S)N[C@@H](c3ccccn3)[C@H]2c2cccn2C2CCCCC2)cc1C. The van der Waals surface area contributed by atoms with Crippen LogP contribution in [0.3, 0.4) is 0 Å². The number of hydrogen-bond donors (Lipinski definition) is 1. The number of aryl methyl sites for hydroxylation is 2. The zero-order chi connectivity index (χ0) is 21.4. The minimum atomic E-state index is 0.00699. The first kappa shape index (κ1) is 20.3. The number of hydrogen-bond acceptors (Lipinski definition) is 2. The van der Waals surface area contributed by atoms with Gasteiger partial charge in [0.15, 0.2) is 5.11 Å². The molecule has 4 nitrogen and oxygen atoms in total. The molecule has 2 aliphatic rings. The molecule has 31 heavy (non-hydrogen) atoms. The van der Waals surface area contributed by atoms with Crippen LogP contribution in [0.25, 0.3) is 0 Å². The maximum absolute atomic E-state index is 5.90. The Morgan fingerprint density at radius 3 is 2.55 bits per heavy atom. The maximum Gasteiger partial charge on any atom is 0.174 e. The van der Waals surface area contributed by atoms with Gasteiger partial charge in [0.25, 0.3) is 0 Å². The summed E-state index contributed by atoms with van der Waals surface area (Å²) >= 11 is 5.90. The van der Waals surface area contributed by atoms with Crippen LogP contribution in [0, 0.1) is 13.8 Å². The van der Waals surface area contributed by atoms with Crippen molar-refractivity contribution in [2.45, 2.75) is 64.1 Å². The van der Waals surface area contributed by atoms with E-state index in [1.165, 1.54) is 48.9 Å². The molecule has 1 aromatic carbocycles. The summed E-state index contributed by atoms with van der Waals surface area (Å²) in [6.07, 6.45) is 10.6. The van der Waals surface area contributed by atoms with Crippen molar-refractivity contribution in [2.75, 3.05) is 4.90 Å². The second-order valence-electron chi connectivity index (χ2n) is 8.90.